The Bertz CT molecular complexity index is 1490. The smallest absolute Gasteiger partial charge is 0.243 e. The van der Waals surface area contributed by atoms with E-state index >= 15 is 0 Å². The maximum absolute atomic E-state index is 13.9. The van der Waals surface area contributed by atoms with E-state index in [1.165, 1.54) is 17.4 Å². The Morgan fingerprint density at radius 2 is 1.73 bits per heavy atom. The molecule has 0 aliphatic carbocycles. The minimum atomic E-state index is -1.45. The first-order valence-electron chi connectivity index (χ1n) is 20.2. The molecule has 2 rings (SSSR count). The Hall–Kier alpha value is -4.03. The third-order valence-electron chi connectivity index (χ3n) is 9.45. The molecule has 7 atom stereocenters. The second-order valence-electron chi connectivity index (χ2n) is 14.8. The number of carbonyl (C=O) groups excluding carboxylic acids is 6. The average Bonchev–Trinajstić information content (AvgIpc) is 3.95. The van der Waals surface area contributed by atoms with Crippen molar-refractivity contribution in [2.45, 2.75) is 102 Å². The van der Waals surface area contributed by atoms with E-state index in [4.69, 9.17) is 25.2 Å². The van der Waals surface area contributed by atoms with Gasteiger partial charge >= 0.3 is 0 Å². The number of nitrogens with two attached hydrogens (primary N) is 1. The lowest BCUT2D eigenvalue weighted by atomic mass is 9.90. The monoisotopic (exact) mass is 872 g/mol. The zero-order valence-corrected chi connectivity index (χ0v) is 35.3. The Kier molecular flexibility index (Phi) is 25.4. The molecule has 3 unspecified atom stereocenters. The molecule has 0 saturated carbocycles. The SMILES string of the molecule is CC(C)C[C@H](NC(=O)C1CCCN1C(=O)CCOCCOCCNC(=O)[C@@H](N)CS)C(=O)C[C@@H](Cc1cnc[nH]1)C(=O)N[C@@H](CO)C(=O)CCCO/N=C/C(O)C(O)CO. The number of hydrogen-bond donors (Lipinski definition) is 10. The minimum absolute atomic E-state index is 0.0278. The van der Waals surface area contributed by atoms with Gasteiger partial charge in [0, 0.05) is 50.0 Å². The number of imidazole rings is 1. The van der Waals surface area contributed by atoms with Gasteiger partial charge in [-0.25, -0.2) is 4.98 Å². The zero-order valence-electron chi connectivity index (χ0n) is 34.4. The van der Waals surface area contributed by atoms with Gasteiger partial charge in [0.25, 0.3) is 0 Å². The van der Waals surface area contributed by atoms with Crippen molar-refractivity contribution in [3.05, 3.63) is 18.2 Å². The summed E-state index contributed by atoms with van der Waals surface area (Å²) in [6.07, 6.45) is 1.97. The lowest BCUT2D eigenvalue weighted by Gasteiger charge is -2.28. The first-order chi connectivity index (χ1) is 28.7. The van der Waals surface area contributed by atoms with Crippen LogP contribution in [0.3, 0.4) is 0 Å². The summed E-state index contributed by atoms with van der Waals surface area (Å²) in [4.78, 5) is 92.2. The molecule has 60 heavy (non-hydrogen) atoms. The van der Waals surface area contributed by atoms with Crippen molar-refractivity contribution in [1.82, 2.24) is 30.8 Å². The van der Waals surface area contributed by atoms with E-state index in [1.807, 2.05) is 13.8 Å². The molecule has 1 saturated heterocycles. The molecule has 21 nitrogen and oxygen atoms in total. The van der Waals surface area contributed by atoms with Gasteiger partial charge in [-0.2, -0.15) is 12.6 Å². The number of hydrogen-bond acceptors (Lipinski definition) is 17. The van der Waals surface area contributed by atoms with Crippen LogP contribution in [0, 0.1) is 11.8 Å². The highest BCUT2D eigenvalue weighted by molar-refractivity contribution is 7.80. The number of carbonyl (C=O) groups is 6. The van der Waals surface area contributed by atoms with Crippen LogP contribution >= 0.6 is 12.6 Å². The van der Waals surface area contributed by atoms with Crippen molar-refractivity contribution >= 4 is 54.0 Å². The number of aliphatic hydroxyl groups excluding tert-OH is 4. The number of H-pyrrole nitrogens is 1. The first kappa shape index (κ1) is 52.1. The number of ketones is 2. The molecule has 340 valence electrons. The van der Waals surface area contributed by atoms with Gasteiger partial charge in [0.05, 0.1) is 76.6 Å². The predicted octanol–water partition coefficient (Wildman–Crippen LogP) is -2.61. The van der Waals surface area contributed by atoms with Crippen molar-refractivity contribution < 1.29 is 63.5 Å². The Morgan fingerprint density at radius 3 is 2.38 bits per heavy atom. The third kappa shape index (κ3) is 19.6. The van der Waals surface area contributed by atoms with Gasteiger partial charge in [0.2, 0.25) is 23.6 Å². The number of nitrogens with one attached hydrogen (secondary N) is 4. The Morgan fingerprint density at radius 1 is 1.00 bits per heavy atom. The molecule has 1 aliphatic heterocycles. The highest BCUT2D eigenvalue weighted by Crippen LogP contribution is 2.21. The number of ether oxygens (including phenoxy) is 2. The maximum Gasteiger partial charge on any atom is 0.243 e. The fourth-order valence-corrected chi connectivity index (χ4v) is 6.27. The van der Waals surface area contributed by atoms with Crippen molar-refractivity contribution in [3.8, 4) is 0 Å². The highest BCUT2D eigenvalue weighted by atomic mass is 32.1. The van der Waals surface area contributed by atoms with Crippen LogP contribution in [-0.2, 0) is 49.5 Å². The number of likely N-dealkylation sites (tertiary alicyclic amines) is 1. The van der Waals surface area contributed by atoms with Gasteiger partial charge in [0.1, 0.15) is 30.9 Å². The number of Topliss-reactive ketones (excluding diaryl/α,β-unsaturated/α-hetero) is 2. The van der Waals surface area contributed by atoms with Crippen molar-refractivity contribution in [2.75, 3.05) is 65.1 Å². The molecular weight excluding hydrogens is 809 g/mol. The molecule has 10 N–H and O–H groups in total. The summed E-state index contributed by atoms with van der Waals surface area (Å²) in [5.41, 5.74) is 6.13. The van der Waals surface area contributed by atoms with Crippen LogP contribution in [0.5, 0.6) is 0 Å². The van der Waals surface area contributed by atoms with E-state index in [1.54, 1.807) is 0 Å². The molecule has 1 aromatic rings. The molecular formula is C38H64N8O13S. The Labute approximate surface area is 355 Å². The second kappa shape index (κ2) is 29.3. The molecule has 22 heteroatoms. The summed E-state index contributed by atoms with van der Waals surface area (Å²) in [6, 6.07) is -3.75. The van der Waals surface area contributed by atoms with Crippen LogP contribution in [0.15, 0.2) is 17.7 Å². The lowest BCUT2D eigenvalue weighted by Crippen LogP contribution is -2.52. The van der Waals surface area contributed by atoms with Gasteiger partial charge < -0.3 is 66.3 Å². The molecule has 0 bridgehead atoms. The fraction of sp³-hybridized carbons (Fsp3) is 0.737. The van der Waals surface area contributed by atoms with Crippen molar-refractivity contribution in [3.63, 3.8) is 0 Å². The largest absolute Gasteiger partial charge is 0.396 e. The minimum Gasteiger partial charge on any atom is -0.396 e. The maximum atomic E-state index is 13.9. The molecule has 0 aromatic carbocycles. The van der Waals surface area contributed by atoms with E-state index in [-0.39, 0.29) is 102 Å². The van der Waals surface area contributed by atoms with Crippen molar-refractivity contribution in [2.24, 2.45) is 22.7 Å². The standard InChI is InChI=1S/C38H64N8O13S/c1-24(2)15-28(44-38(56)30-5-3-9-46(30)35(53)7-11-57-13-14-58-12-8-41-37(55)27(39)22-60)32(50)17-25(16-26-18-40-23-42-26)36(54)45-29(20-47)31(49)6-4-10-59-43-19-33(51)34(52)21-48/h18-19,23-25,27-30,33-34,47-48,51-52,60H,3-17,20-22,39H2,1-2H3,(H,40,42)(H,41,55)(H,44,56)(H,45,54)/b43-19+/t25-,27+,28+,29+,30?,33?,34?/m1/s1. The van der Waals surface area contributed by atoms with Crippen LogP contribution < -0.4 is 21.7 Å². The van der Waals surface area contributed by atoms with E-state index in [0.29, 0.717) is 25.1 Å². The van der Waals surface area contributed by atoms with E-state index in [2.05, 4.69) is 43.7 Å². The molecule has 1 aliphatic rings. The van der Waals surface area contributed by atoms with Crippen LogP contribution in [0.25, 0.3) is 0 Å². The van der Waals surface area contributed by atoms with Crippen LogP contribution in [-0.4, -0.2) is 178 Å². The fourth-order valence-electron chi connectivity index (χ4n) is 6.11. The summed E-state index contributed by atoms with van der Waals surface area (Å²) in [5.74, 6) is -3.48. The van der Waals surface area contributed by atoms with E-state index in [0.717, 1.165) is 6.21 Å². The second-order valence-corrected chi connectivity index (χ2v) is 15.1. The van der Waals surface area contributed by atoms with E-state index < -0.39 is 78.9 Å². The van der Waals surface area contributed by atoms with Crippen LogP contribution in [0.4, 0.5) is 0 Å². The number of aromatic amines is 1. The van der Waals surface area contributed by atoms with Gasteiger partial charge in [-0.05, 0) is 31.6 Å². The van der Waals surface area contributed by atoms with Gasteiger partial charge in [-0.3, -0.25) is 28.8 Å². The van der Waals surface area contributed by atoms with Crippen LogP contribution in [0.2, 0.25) is 0 Å². The Balaban J connectivity index is 1.95. The number of amides is 4. The van der Waals surface area contributed by atoms with Gasteiger partial charge in [0.15, 0.2) is 11.6 Å². The summed E-state index contributed by atoms with van der Waals surface area (Å²) in [5, 5.41) is 49.2. The zero-order chi connectivity index (χ0) is 44.5. The van der Waals surface area contributed by atoms with Gasteiger partial charge in [-0.1, -0.05) is 19.0 Å². The van der Waals surface area contributed by atoms with Crippen LogP contribution in [0.1, 0.15) is 64.5 Å². The molecule has 0 radical (unpaired) electrons. The quantitative estimate of drug-likeness (QED) is 0.0154. The predicted molar refractivity (Wildman–Crippen MR) is 219 cm³/mol. The topological polar surface area (TPSA) is 317 Å². The third-order valence-corrected chi connectivity index (χ3v) is 9.85. The summed E-state index contributed by atoms with van der Waals surface area (Å²) in [7, 11) is 0. The number of nitrogens with zero attached hydrogens (tertiary/aromatic N) is 3. The van der Waals surface area contributed by atoms with E-state index in [9.17, 15) is 44.1 Å². The molecule has 1 fully saturated rings. The molecule has 1 aromatic heterocycles. The highest BCUT2D eigenvalue weighted by Gasteiger charge is 2.37. The molecule has 2 heterocycles. The van der Waals surface area contributed by atoms with Crippen molar-refractivity contribution in [1.29, 1.82) is 0 Å². The summed E-state index contributed by atoms with van der Waals surface area (Å²) in [6.45, 7) is 3.79. The lowest BCUT2D eigenvalue weighted by molar-refractivity contribution is -0.140. The summed E-state index contributed by atoms with van der Waals surface area (Å²) < 4.78 is 10.9. The normalized spacial score (nSPS) is 17.1. The molecule has 0 spiro atoms. The number of oxime groups is 1. The number of thiol groups is 1. The van der Waals surface area contributed by atoms with Gasteiger partial charge in [-0.15, -0.1) is 0 Å². The first-order valence-corrected chi connectivity index (χ1v) is 20.8. The molecule has 4 amide bonds. The average molecular weight is 873 g/mol. The number of rotatable bonds is 32. The number of aromatic nitrogens is 2. The number of aliphatic hydroxyl groups is 4. The summed E-state index contributed by atoms with van der Waals surface area (Å²) >= 11 is 3.98.